The van der Waals surface area contributed by atoms with Gasteiger partial charge in [0.1, 0.15) is 11.5 Å². The molecule has 1 aromatic carbocycles. The molecule has 0 aromatic heterocycles. The van der Waals surface area contributed by atoms with Gasteiger partial charge in [0.25, 0.3) is 0 Å². The van der Waals surface area contributed by atoms with Crippen LogP contribution in [0.25, 0.3) is 0 Å². The van der Waals surface area contributed by atoms with Gasteiger partial charge in [-0.2, -0.15) is 0 Å². The molecule has 0 amide bonds. The van der Waals surface area contributed by atoms with E-state index in [9.17, 15) is 4.79 Å². The Labute approximate surface area is 102 Å². The highest BCUT2D eigenvalue weighted by atomic mass is 16.5. The number of rotatable bonds is 6. The van der Waals surface area contributed by atoms with Crippen LogP contribution in [0.5, 0.6) is 11.5 Å². The average Bonchev–Trinajstić information content (AvgIpc) is 2.34. The van der Waals surface area contributed by atoms with Gasteiger partial charge in [-0.3, -0.25) is 4.79 Å². The fraction of sp³-hybridized carbons (Fsp3) is 0.462. The second kappa shape index (κ2) is 6.25. The van der Waals surface area contributed by atoms with E-state index in [-0.39, 0.29) is 5.78 Å². The zero-order valence-electron chi connectivity index (χ0n) is 10.8. The number of ketones is 1. The Morgan fingerprint density at radius 2 is 2.00 bits per heavy atom. The van der Waals surface area contributed by atoms with E-state index in [0.29, 0.717) is 23.6 Å². The van der Waals surface area contributed by atoms with Crippen LogP contribution in [0.1, 0.15) is 22.8 Å². The van der Waals surface area contributed by atoms with Gasteiger partial charge in [-0.15, -0.1) is 0 Å². The van der Waals surface area contributed by atoms with E-state index < -0.39 is 0 Å². The second-order valence-corrected chi connectivity index (χ2v) is 3.73. The van der Waals surface area contributed by atoms with Crippen molar-refractivity contribution in [3.63, 3.8) is 0 Å². The molecule has 17 heavy (non-hydrogen) atoms. The fourth-order valence-corrected chi connectivity index (χ4v) is 1.69. The van der Waals surface area contributed by atoms with E-state index in [1.807, 2.05) is 19.9 Å². The molecule has 0 saturated carbocycles. The number of benzene rings is 1. The predicted molar refractivity (Wildman–Crippen MR) is 67.2 cm³/mol. The SMILES string of the molecule is CCNCC(=O)c1c(C)cc(OC)cc1OC. The lowest BCUT2D eigenvalue weighted by Crippen LogP contribution is -2.23. The van der Waals surface area contributed by atoms with E-state index >= 15 is 0 Å². The summed E-state index contributed by atoms with van der Waals surface area (Å²) >= 11 is 0. The van der Waals surface area contributed by atoms with Gasteiger partial charge in [0.15, 0.2) is 5.78 Å². The third-order valence-electron chi connectivity index (χ3n) is 2.54. The maximum Gasteiger partial charge on any atom is 0.180 e. The first-order chi connectivity index (χ1) is 8.13. The fourth-order valence-electron chi connectivity index (χ4n) is 1.69. The highest BCUT2D eigenvalue weighted by Gasteiger charge is 2.16. The van der Waals surface area contributed by atoms with Crippen molar-refractivity contribution in [1.82, 2.24) is 5.32 Å². The maximum atomic E-state index is 12.0. The van der Waals surface area contributed by atoms with E-state index in [1.54, 1.807) is 20.3 Å². The minimum absolute atomic E-state index is 0.0313. The van der Waals surface area contributed by atoms with E-state index in [4.69, 9.17) is 9.47 Å². The molecule has 0 atom stereocenters. The topological polar surface area (TPSA) is 47.6 Å². The number of hydrogen-bond donors (Lipinski definition) is 1. The Morgan fingerprint density at radius 1 is 1.29 bits per heavy atom. The van der Waals surface area contributed by atoms with Crippen LogP contribution in [0.2, 0.25) is 0 Å². The third-order valence-corrected chi connectivity index (χ3v) is 2.54. The van der Waals surface area contributed by atoms with Gasteiger partial charge in [-0.25, -0.2) is 0 Å². The summed E-state index contributed by atoms with van der Waals surface area (Å²) < 4.78 is 10.4. The van der Waals surface area contributed by atoms with Gasteiger partial charge in [-0.05, 0) is 25.1 Å². The Hall–Kier alpha value is -1.55. The Bertz CT molecular complexity index is 402. The van der Waals surface area contributed by atoms with Crippen molar-refractivity contribution in [2.75, 3.05) is 27.3 Å². The molecule has 1 aromatic rings. The maximum absolute atomic E-state index is 12.0. The molecule has 94 valence electrons. The summed E-state index contributed by atoms with van der Waals surface area (Å²) in [6.45, 7) is 4.93. The van der Waals surface area contributed by atoms with Crippen LogP contribution in [0.15, 0.2) is 12.1 Å². The standard InChI is InChI=1S/C13H19NO3/c1-5-14-8-11(15)13-9(2)6-10(16-3)7-12(13)17-4/h6-7,14H,5,8H2,1-4H3. The number of carbonyl (C=O) groups is 1. The van der Waals surface area contributed by atoms with Crippen LogP contribution >= 0.6 is 0 Å². The molecule has 4 heteroatoms. The van der Waals surface area contributed by atoms with E-state index in [2.05, 4.69) is 5.32 Å². The molecule has 0 heterocycles. The van der Waals surface area contributed by atoms with Gasteiger partial charge in [0.05, 0.1) is 26.3 Å². The lowest BCUT2D eigenvalue weighted by atomic mass is 10.0. The van der Waals surface area contributed by atoms with Crippen molar-refractivity contribution in [2.45, 2.75) is 13.8 Å². The van der Waals surface area contributed by atoms with Crippen LogP contribution in [0.3, 0.4) is 0 Å². The van der Waals surface area contributed by atoms with Crippen LogP contribution in [0, 0.1) is 6.92 Å². The smallest absolute Gasteiger partial charge is 0.180 e. The van der Waals surface area contributed by atoms with Crippen molar-refractivity contribution >= 4 is 5.78 Å². The van der Waals surface area contributed by atoms with E-state index in [0.717, 1.165) is 12.1 Å². The number of hydrogen-bond acceptors (Lipinski definition) is 4. The molecule has 0 spiro atoms. The van der Waals surface area contributed by atoms with Gasteiger partial charge >= 0.3 is 0 Å². The molecule has 0 aliphatic heterocycles. The lowest BCUT2D eigenvalue weighted by Gasteiger charge is -2.13. The molecule has 0 aliphatic rings. The van der Waals surface area contributed by atoms with Gasteiger partial charge < -0.3 is 14.8 Å². The molecule has 0 saturated heterocycles. The van der Waals surface area contributed by atoms with Crippen molar-refractivity contribution < 1.29 is 14.3 Å². The number of likely N-dealkylation sites (N-methyl/N-ethyl adjacent to an activating group) is 1. The minimum Gasteiger partial charge on any atom is -0.497 e. The molecule has 4 nitrogen and oxygen atoms in total. The molecule has 0 unspecified atom stereocenters. The molecule has 0 radical (unpaired) electrons. The molecule has 1 N–H and O–H groups in total. The summed E-state index contributed by atoms with van der Waals surface area (Å²) in [5.74, 6) is 1.29. The Kier molecular flexibility index (Phi) is 4.97. The van der Waals surface area contributed by atoms with Gasteiger partial charge in [0, 0.05) is 6.07 Å². The zero-order valence-corrected chi connectivity index (χ0v) is 10.8. The number of methoxy groups -OCH3 is 2. The van der Waals surface area contributed by atoms with Crippen molar-refractivity contribution in [3.8, 4) is 11.5 Å². The summed E-state index contributed by atoms with van der Waals surface area (Å²) in [7, 11) is 3.15. The molecule has 1 rings (SSSR count). The van der Waals surface area contributed by atoms with Crippen LogP contribution in [0.4, 0.5) is 0 Å². The van der Waals surface area contributed by atoms with E-state index in [1.165, 1.54) is 0 Å². The monoisotopic (exact) mass is 237 g/mol. The van der Waals surface area contributed by atoms with Crippen LogP contribution in [-0.4, -0.2) is 33.1 Å². The molecule has 0 bridgehead atoms. The summed E-state index contributed by atoms with van der Waals surface area (Å²) in [6.07, 6.45) is 0. The largest absolute Gasteiger partial charge is 0.497 e. The first-order valence-corrected chi connectivity index (χ1v) is 5.60. The number of nitrogens with one attached hydrogen (secondary N) is 1. The Balaban J connectivity index is 3.09. The summed E-state index contributed by atoms with van der Waals surface area (Å²) in [5.41, 5.74) is 1.48. The van der Waals surface area contributed by atoms with Crippen LogP contribution < -0.4 is 14.8 Å². The summed E-state index contributed by atoms with van der Waals surface area (Å²) in [6, 6.07) is 3.56. The second-order valence-electron chi connectivity index (χ2n) is 3.73. The summed E-state index contributed by atoms with van der Waals surface area (Å²) in [4.78, 5) is 12.0. The van der Waals surface area contributed by atoms with Gasteiger partial charge in [-0.1, -0.05) is 6.92 Å². The van der Waals surface area contributed by atoms with Crippen molar-refractivity contribution in [3.05, 3.63) is 23.3 Å². The third kappa shape index (κ3) is 3.20. The minimum atomic E-state index is 0.0313. The van der Waals surface area contributed by atoms with Crippen molar-refractivity contribution in [1.29, 1.82) is 0 Å². The van der Waals surface area contributed by atoms with Gasteiger partial charge in [0.2, 0.25) is 0 Å². The number of carbonyl (C=O) groups excluding carboxylic acids is 1. The molecule has 0 fully saturated rings. The molecule has 0 aliphatic carbocycles. The summed E-state index contributed by atoms with van der Waals surface area (Å²) in [5, 5.41) is 3.02. The highest BCUT2D eigenvalue weighted by Crippen LogP contribution is 2.28. The highest BCUT2D eigenvalue weighted by molar-refractivity contribution is 6.01. The number of Topliss-reactive ketones (excluding diaryl/α,β-unsaturated/α-hetero) is 1. The number of aryl methyl sites for hydroxylation is 1. The average molecular weight is 237 g/mol. The zero-order chi connectivity index (χ0) is 12.8. The predicted octanol–water partition coefficient (Wildman–Crippen LogP) is 1.80. The van der Waals surface area contributed by atoms with Crippen molar-refractivity contribution in [2.24, 2.45) is 0 Å². The molecular weight excluding hydrogens is 218 g/mol. The Morgan fingerprint density at radius 3 is 2.53 bits per heavy atom. The van der Waals surface area contributed by atoms with Crippen LogP contribution in [-0.2, 0) is 0 Å². The quantitative estimate of drug-likeness (QED) is 0.766. The lowest BCUT2D eigenvalue weighted by molar-refractivity contribution is 0.0988. The molecular formula is C13H19NO3. The normalized spacial score (nSPS) is 10.1. The number of ether oxygens (including phenoxy) is 2. The first kappa shape index (κ1) is 13.5. The first-order valence-electron chi connectivity index (χ1n) is 5.60.